The number of hydrogen-bond acceptors (Lipinski definition) is 4. The number of carbonyl (C=O) groups excluding carboxylic acids is 1. The molecule has 0 amide bonds. The first kappa shape index (κ1) is 12.6. The summed E-state index contributed by atoms with van der Waals surface area (Å²) in [7, 11) is 1.88. The highest BCUT2D eigenvalue weighted by atomic mass is 16.5. The lowest BCUT2D eigenvalue weighted by atomic mass is 10.0. The Morgan fingerprint density at radius 3 is 2.78 bits per heavy atom. The summed E-state index contributed by atoms with van der Waals surface area (Å²) >= 11 is 0. The molecular weight excluding hydrogens is 228 g/mol. The number of ketones is 1. The minimum atomic E-state index is 0.0471. The normalized spacial score (nSPS) is 18.3. The molecule has 4 nitrogen and oxygen atoms in total. The van der Waals surface area contributed by atoms with E-state index in [1.54, 1.807) is 12.1 Å². The number of nitriles is 1. The van der Waals surface area contributed by atoms with Crippen LogP contribution in [0.15, 0.2) is 24.3 Å². The first-order valence-electron chi connectivity index (χ1n) is 6.02. The smallest absolute Gasteiger partial charge is 0.157 e. The van der Waals surface area contributed by atoms with Crippen molar-refractivity contribution in [1.29, 1.82) is 5.26 Å². The average molecular weight is 244 g/mol. The number of anilines is 1. The van der Waals surface area contributed by atoms with Gasteiger partial charge in [0.25, 0.3) is 0 Å². The fourth-order valence-corrected chi connectivity index (χ4v) is 2.03. The zero-order chi connectivity index (χ0) is 13.0. The van der Waals surface area contributed by atoms with Gasteiger partial charge in [0.2, 0.25) is 0 Å². The predicted molar refractivity (Wildman–Crippen MR) is 68.4 cm³/mol. The zero-order valence-corrected chi connectivity index (χ0v) is 10.4. The molecule has 0 N–H and O–H groups in total. The lowest BCUT2D eigenvalue weighted by Gasteiger charge is -2.20. The van der Waals surface area contributed by atoms with E-state index in [9.17, 15) is 4.79 Å². The minimum absolute atomic E-state index is 0.0471. The van der Waals surface area contributed by atoms with Gasteiger partial charge >= 0.3 is 0 Å². The number of nitrogens with zero attached hydrogens (tertiary/aromatic N) is 2. The SMILES string of the molecule is CN(CC(=O)C1CCOC1)c1ccc(C#N)cc1. The standard InChI is InChI=1S/C14H16N2O2/c1-16(9-14(17)12-6-7-18-10-12)13-4-2-11(8-15)3-5-13/h2-5,12H,6-7,9-10H2,1H3. The van der Waals surface area contributed by atoms with Gasteiger partial charge in [0, 0.05) is 25.3 Å². The van der Waals surface area contributed by atoms with E-state index < -0.39 is 0 Å². The third kappa shape index (κ3) is 2.88. The molecule has 1 aliphatic heterocycles. The third-order valence-corrected chi connectivity index (χ3v) is 3.22. The highest BCUT2D eigenvalue weighted by molar-refractivity contribution is 5.85. The van der Waals surface area contributed by atoms with Crippen LogP contribution in [-0.2, 0) is 9.53 Å². The fourth-order valence-electron chi connectivity index (χ4n) is 2.03. The van der Waals surface area contributed by atoms with Gasteiger partial charge in [-0.15, -0.1) is 0 Å². The van der Waals surface area contributed by atoms with E-state index >= 15 is 0 Å². The first-order chi connectivity index (χ1) is 8.70. The molecule has 1 heterocycles. The van der Waals surface area contributed by atoms with Crippen LogP contribution in [0.5, 0.6) is 0 Å². The van der Waals surface area contributed by atoms with Gasteiger partial charge in [-0.2, -0.15) is 5.26 Å². The van der Waals surface area contributed by atoms with Gasteiger partial charge in [0.15, 0.2) is 5.78 Å². The summed E-state index contributed by atoms with van der Waals surface area (Å²) in [5, 5.41) is 8.72. The summed E-state index contributed by atoms with van der Waals surface area (Å²) in [6, 6.07) is 9.31. The van der Waals surface area contributed by atoms with Crippen LogP contribution >= 0.6 is 0 Å². The van der Waals surface area contributed by atoms with Crippen molar-refractivity contribution in [2.45, 2.75) is 6.42 Å². The maximum absolute atomic E-state index is 12.0. The molecule has 1 fully saturated rings. The summed E-state index contributed by atoms with van der Waals surface area (Å²) in [5.41, 5.74) is 1.57. The highest BCUT2D eigenvalue weighted by Crippen LogP contribution is 2.17. The number of rotatable bonds is 4. The van der Waals surface area contributed by atoms with Crippen molar-refractivity contribution in [2.75, 3.05) is 31.7 Å². The van der Waals surface area contributed by atoms with Crippen LogP contribution in [-0.4, -0.2) is 32.6 Å². The van der Waals surface area contributed by atoms with Crippen molar-refractivity contribution < 1.29 is 9.53 Å². The Balaban J connectivity index is 1.96. The fraction of sp³-hybridized carbons (Fsp3) is 0.429. The van der Waals surface area contributed by atoms with Gasteiger partial charge in [-0.3, -0.25) is 4.79 Å². The number of carbonyl (C=O) groups is 1. The van der Waals surface area contributed by atoms with Crippen molar-refractivity contribution in [3.05, 3.63) is 29.8 Å². The monoisotopic (exact) mass is 244 g/mol. The van der Waals surface area contributed by atoms with Crippen LogP contribution < -0.4 is 4.90 Å². The van der Waals surface area contributed by atoms with Gasteiger partial charge < -0.3 is 9.64 Å². The molecule has 1 aromatic rings. The summed E-state index contributed by atoms with van der Waals surface area (Å²) in [4.78, 5) is 13.9. The second-order valence-electron chi connectivity index (χ2n) is 4.54. The Bertz CT molecular complexity index is 456. The van der Waals surface area contributed by atoms with E-state index in [2.05, 4.69) is 6.07 Å². The molecule has 0 bridgehead atoms. The molecule has 18 heavy (non-hydrogen) atoms. The van der Waals surface area contributed by atoms with Gasteiger partial charge in [-0.05, 0) is 30.7 Å². The lowest BCUT2D eigenvalue weighted by molar-refractivity contribution is -0.121. The van der Waals surface area contributed by atoms with E-state index in [0.717, 1.165) is 12.1 Å². The van der Waals surface area contributed by atoms with Crippen molar-refractivity contribution in [3.63, 3.8) is 0 Å². The van der Waals surface area contributed by atoms with Crippen LogP contribution in [0.3, 0.4) is 0 Å². The summed E-state index contributed by atoms with van der Waals surface area (Å²) in [5.74, 6) is 0.269. The molecule has 1 atom stereocenters. The third-order valence-electron chi connectivity index (χ3n) is 3.22. The number of hydrogen-bond donors (Lipinski definition) is 0. The minimum Gasteiger partial charge on any atom is -0.381 e. The average Bonchev–Trinajstić information content (AvgIpc) is 2.92. The van der Waals surface area contributed by atoms with Crippen molar-refractivity contribution >= 4 is 11.5 Å². The van der Waals surface area contributed by atoms with Crippen LogP contribution in [0, 0.1) is 17.2 Å². The van der Waals surface area contributed by atoms with E-state index in [1.807, 2.05) is 24.1 Å². The van der Waals surface area contributed by atoms with E-state index in [-0.39, 0.29) is 11.7 Å². The van der Waals surface area contributed by atoms with Gasteiger partial charge in [-0.25, -0.2) is 0 Å². The molecule has 0 saturated carbocycles. The van der Waals surface area contributed by atoms with Gasteiger partial charge in [-0.1, -0.05) is 0 Å². The van der Waals surface area contributed by atoms with Crippen LogP contribution in [0.1, 0.15) is 12.0 Å². The van der Waals surface area contributed by atoms with E-state index in [0.29, 0.717) is 25.3 Å². The molecule has 1 aromatic carbocycles. The topological polar surface area (TPSA) is 53.3 Å². The highest BCUT2D eigenvalue weighted by Gasteiger charge is 2.24. The predicted octanol–water partition coefficient (Wildman–Crippen LogP) is 1.60. The maximum Gasteiger partial charge on any atom is 0.157 e. The molecular formula is C14H16N2O2. The van der Waals surface area contributed by atoms with Crippen molar-refractivity contribution in [3.8, 4) is 6.07 Å². The number of benzene rings is 1. The van der Waals surface area contributed by atoms with Crippen LogP contribution in [0.25, 0.3) is 0 Å². The Morgan fingerprint density at radius 1 is 1.50 bits per heavy atom. The summed E-state index contributed by atoms with van der Waals surface area (Å²) < 4.78 is 5.22. The molecule has 0 aliphatic carbocycles. The first-order valence-corrected chi connectivity index (χ1v) is 6.02. The lowest BCUT2D eigenvalue weighted by Crippen LogP contribution is -2.30. The van der Waals surface area contributed by atoms with Crippen molar-refractivity contribution in [2.24, 2.45) is 5.92 Å². The molecule has 0 spiro atoms. The van der Waals surface area contributed by atoms with Gasteiger partial charge in [0.1, 0.15) is 0 Å². The quantitative estimate of drug-likeness (QED) is 0.807. The summed E-state index contributed by atoms with van der Waals surface area (Å²) in [6.45, 7) is 1.64. The van der Waals surface area contributed by atoms with Crippen LogP contribution in [0.4, 0.5) is 5.69 Å². The second kappa shape index (κ2) is 5.65. The van der Waals surface area contributed by atoms with Gasteiger partial charge in [0.05, 0.1) is 24.8 Å². The molecule has 1 unspecified atom stereocenters. The Morgan fingerprint density at radius 2 is 2.22 bits per heavy atom. The van der Waals surface area contributed by atoms with Crippen LogP contribution in [0.2, 0.25) is 0 Å². The van der Waals surface area contributed by atoms with Crippen molar-refractivity contribution in [1.82, 2.24) is 0 Å². The Labute approximate surface area is 107 Å². The molecule has 2 rings (SSSR count). The molecule has 0 aromatic heterocycles. The largest absolute Gasteiger partial charge is 0.381 e. The number of likely N-dealkylation sites (N-methyl/N-ethyl adjacent to an activating group) is 1. The van der Waals surface area contributed by atoms with E-state index in [4.69, 9.17) is 10.00 Å². The summed E-state index contributed by atoms with van der Waals surface area (Å²) in [6.07, 6.45) is 0.833. The maximum atomic E-state index is 12.0. The zero-order valence-electron chi connectivity index (χ0n) is 10.4. The Kier molecular flexibility index (Phi) is 3.96. The molecule has 4 heteroatoms. The Hall–Kier alpha value is -1.86. The molecule has 0 radical (unpaired) electrons. The molecule has 94 valence electrons. The number of ether oxygens (including phenoxy) is 1. The second-order valence-corrected chi connectivity index (χ2v) is 4.54. The van der Waals surface area contributed by atoms with E-state index in [1.165, 1.54) is 0 Å². The number of Topliss-reactive ketones (excluding diaryl/α,β-unsaturated/α-hetero) is 1. The molecule has 1 aliphatic rings. The molecule has 1 saturated heterocycles.